The number of nitrogen functional groups attached to an aromatic ring is 1. The Morgan fingerprint density at radius 1 is 1.25 bits per heavy atom. The molecule has 6 heteroatoms. The summed E-state index contributed by atoms with van der Waals surface area (Å²) in [6, 6.07) is 1.57. The van der Waals surface area contributed by atoms with Gasteiger partial charge in [0.05, 0.1) is 17.1 Å². The van der Waals surface area contributed by atoms with E-state index in [-0.39, 0.29) is 0 Å². The highest BCUT2D eigenvalue weighted by molar-refractivity contribution is 7.19. The summed E-state index contributed by atoms with van der Waals surface area (Å²) in [4.78, 5) is 14.7. The molecule has 0 radical (unpaired) electrons. The molecule has 3 aromatic rings. The molecule has 0 amide bonds. The van der Waals surface area contributed by atoms with Crippen LogP contribution in [0.3, 0.4) is 0 Å². The summed E-state index contributed by atoms with van der Waals surface area (Å²) in [6.07, 6.45) is 5.96. The number of hydrogen-bond acceptors (Lipinski definition) is 5. The molecule has 3 aromatic heterocycles. The Balaban J connectivity index is 1.98. The van der Waals surface area contributed by atoms with Crippen LogP contribution in [0.1, 0.15) is 16.9 Å². The predicted molar refractivity (Wildman–Crippen MR) is 77.0 cm³/mol. The van der Waals surface area contributed by atoms with Gasteiger partial charge in [0.15, 0.2) is 11.6 Å². The molecule has 1 aliphatic carbocycles. The van der Waals surface area contributed by atoms with E-state index in [1.807, 2.05) is 0 Å². The van der Waals surface area contributed by atoms with Crippen molar-refractivity contribution in [1.29, 1.82) is 0 Å². The van der Waals surface area contributed by atoms with Crippen LogP contribution in [-0.2, 0) is 12.8 Å². The number of pyridine rings is 1. The van der Waals surface area contributed by atoms with Gasteiger partial charge in [-0.25, -0.2) is 14.4 Å². The third-order valence-electron chi connectivity index (χ3n) is 3.61. The van der Waals surface area contributed by atoms with E-state index in [0.717, 1.165) is 35.7 Å². The number of halogens is 1. The van der Waals surface area contributed by atoms with E-state index in [1.54, 1.807) is 17.4 Å². The summed E-state index contributed by atoms with van der Waals surface area (Å²) in [5.74, 6) is 0.339. The van der Waals surface area contributed by atoms with E-state index in [1.165, 1.54) is 16.6 Å². The summed E-state index contributed by atoms with van der Waals surface area (Å²) in [5.41, 5.74) is 7.70. The van der Waals surface area contributed by atoms with E-state index in [2.05, 4.69) is 15.0 Å². The number of nitrogens with two attached hydrogens (primary N) is 1. The molecule has 100 valence electrons. The molecular weight excluding hydrogens is 275 g/mol. The normalized spacial score (nSPS) is 13.8. The van der Waals surface area contributed by atoms with Crippen LogP contribution in [-0.4, -0.2) is 15.0 Å². The number of fused-ring (bicyclic) bond motifs is 3. The lowest BCUT2D eigenvalue weighted by Gasteiger charge is -2.04. The second-order valence-electron chi connectivity index (χ2n) is 4.83. The summed E-state index contributed by atoms with van der Waals surface area (Å²) in [6.45, 7) is 0. The van der Waals surface area contributed by atoms with E-state index in [9.17, 15) is 4.39 Å². The van der Waals surface area contributed by atoms with Crippen molar-refractivity contribution in [3.8, 4) is 11.4 Å². The molecule has 0 spiro atoms. The fraction of sp³-hybridized carbons (Fsp3) is 0.214. The number of aromatic nitrogens is 3. The minimum Gasteiger partial charge on any atom is -0.383 e. The first-order valence-electron chi connectivity index (χ1n) is 6.41. The van der Waals surface area contributed by atoms with Crippen molar-refractivity contribution < 1.29 is 4.39 Å². The van der Waals surface area contributed by atoms with Crippen LogP contribution in [0, 0.1) is 5.82 Å². The van der Waals surface area contributed by atoms with Gasteiger partial charge in [0.1, 0.15) is 10.6 Å². The molecule has 0 aromatic carbocycles. The molecule has 1 aliphatic rings. The van der Waals surface area contributed by atoms with Crippen LogP contribution in [0.25, 0.3) is 21.6 Å². The summed E-state index contributed by atoms with van der Waals surface area (Å²) in [7, 11) is 0. The quantitative estimate of drug-likeness (QED) is 0.747. The Hall–Kier alpha value is -2.08. The van der Waals surface area contributed by atoms with Crippen molar-refractivity contribution in [2.24, 2.45) is 0 Å². The maximum Gasteiger partial charge on any atom is 0.166 e. The molecule has 0 bridgehead atoms. The molecule has 3 heterocycles. The van der Waals surface area contributed by atoms with Crippen LogP contribution in [0.5, 0.6) is 0 Å². The zero-order valence-corrected chi connectivity index (χ0v) is 11.4. The lowest BCUT2D eigenvalue weighted by Crippen LogP contribution is -1.99. The highest BCUT2D eigenvalue weighted by atomic mass is 32.1. The van der Waals surface area contributed by atoms with E-state index in [0.29, 0.717) is 17.2 Å². The molecule has 4 rings (SSSR count). The molecule has 0 saturated carbocycles. The maximum absolute atomic E-state index is 13.8. The monoisotopic (exact) mass is 286 g/mol. The van der Waals surface area contributed by atoms with Gasteiger partial charge in [-0.1, -0.05) is 0 Å². The van der Waals surface area contributed by atoms with Crippen molar-refractivity contribution in [2.45, 2.75) is 19.3 Å². The highest BCUT2D eigenvalue weighted by Crippen LogP contribution is 2.39. The molecule has 0 atom stereocenters. The van der Waals surface area contributed by atoms with Crippen molar-refractivity contribution in [1.82, 2.24) is 15.0 Å². The van der Waals surface area contributed by atoms with Gasteiger partial charge in [0.25, 0.3) is 0 Å². The van der Waals surface area contributed by atoms with Crippen molar-refractivity contribution in [3.05, 3.63) is 34.7 Å². The van der Waals surface area contributed by atoms with Gasteiger partial charge in [-0.15, -0.1) is 11.3 Å². The molecular formula is C14H11FN4S. The number of nitrogens with zero attached hydrogens (tertiary/aromatic N) is 3. The zero-order valence-electron chi connectivity index (χ0n) is 10.6. The third-order valence-corrected chi connectivity index (χ3v) is 4.79. The third kappa shape index (κ3) is 1.61. The van der Waals surface area contributed by atoms with Crippen molar-refractivity contribution >= 4 is 27.4 Å². The standard InChI is InChI=1S/C14H11FN4S/c15-9-6-17-5-4-7(9)13-18-12(16)11-8-2-1-3-10(8)20-14(11)19-13/h4-6H,1-3H2,(H2,16,18,19). The average Bonchev–Trinajstić information content (AvgIpc) is 2.98. The van der Waals surface area contributed by atoms with Crippen molar-refractivity contribution in [3.63, 3.8) is 0 Å². The molecule has 0 fully saturated rings. The van der Waals surface area contributed by atoms with Gasteiger partial charge in [0, 0.05) is 11.1 Å². The van der Waals surface area contributed by atoms with Crippen LogP contribution < -0.4 is 5.73 Å². The zero-order chi connectivity index (χ0) is 13.7. The number of anilines is 1. The molecule has 0 saturated heterocycles. The number of thiophene rings is 1. The summed E-state index contributed by atoms with van der Waals surface area (Å²) < 4.78 is 13.8. The van der Waals surface area contributed by atoms with Gasteiger partial charge in [-0.2, -0.15) is 0 Å². The minimum absolute atomic E-state index is 0.329. The fourth-order valence-corrected chi connectivity index (χ4v) is 3.97. The van der Waals surface area contributed by atoms with Gasteiger partial charge in [-0.3, -0.25) is 4.98 Å². The first kappa shape index (κ1) is 11.7. The van der Waals surface area contributed by atoms with E-state index < -0.39 is 5.82 Å². The number of hydrogen-bond donors (Lipinski definition) is 1. The Labute approximate surface area is 118 Å². The largest absolute Gasteiger partial charge is 0.383 e. The fourth-order valence-electron chi connectivity index (χ4n) is 2.70. The van der Waals surface area contributed by atoms with Crippen LogP contribution in [0.4, 0.5) is 10.2 Å². The van der Waals surface area contributed by atoms with Gasteiger partial charge in [-0.05, 0) is 30.9 Å². The van der Waals surface area contributed by atoms with Gasteiger partial charge < -0.3 is 5.73 Å². The molecule has 20 heavy (non-hydrogen) atoms. The smallest absolute Gasteiger partial charge is 0.166 e. The average molecular weight is 286 g/mol. The maximum atomic E-state index is 13.8. The lowest BCUT2D eigenvalue weighted by atomic mass is 10.2. The SMILES string of the molecule is Nc1nc(-c2ccncc2F)nc2sc3c(c12)CCC3. The Bertz CT molecular complexity index is 827. The van der Waals surface area contributed by atoms with Gasteiger partial charge in [0.2, 0.25) is 0 Å². The molecule has 0 unspecified atom stereocenters. The second kappa shape index (κ2) is 4.21. The Kier molecular flexibility index (Phi) is 2.47. The van der Waals surface area contributed by atoms with E-state index in [4.69, 9.17) is 5.73 Å². The highest BCUT2D eigenvalue weighted by Gasteiger charge is 2.22. The van der Waals surface area contributed by atoms with Crippen LogP contribution >= 0.6 is 11.3 Å². The number of aryl methyl sites for hydroxylation is 2. The minimum atomic E-state index is -0.435. The molecule has 0 aliphatic heterocycles. The van der Waals surface area contributed by atoms with Gasteiger partial charge >= 0.3 is 0 Å². The predicted octanol–water partition coefficient (Wildman–Crippen LogP) is 2.96. The van der Waals surface area contributed by atoms with Crippen molar-refractivity contribution in [2.75, 3.05) is 5.73 Å². The Morgan fingerprint density at radius 3 is 3.00 bits per heavy atom. The summed E-state index contributed by atoms with van der Waals surface area (Å²) >= 11 is 1.65. The Morgan fingerprint density at radius 2 is 2.15 bits per heavy atom. The van der Waals surface area contributed by atoms with Crippen LogP contribution in [0.15, 0.2) is 18.5 Å². The number of rotatable bonds is 1. The van der Waals surface area contributed by atoms with Crippen LogP contribution in [0.2, 0.25) is 0 Å². The first-order chi connectivity index (χ1) is 9.74. The first-order valence-corrected chi connectivity index (χ1v) is 7.23. The molecule has 4 nitrogen and oxygen atoms in total. The summed E-state index contributed by atoms with van der Waals surface area (Å²) in [5, 5.41) is 0.959. The molecule has 2 N–H and O–H groups in total. The topological polar surface area (TPSA) is 64.7 Å². The lowest BCUT2D eigenvalue weighted by molar-refractivity contribution is 0.624. The van der Waals surface area contributed by atoms with E-state index >= 15 is 0 Å². The second-order valence-corrected chi connectivity index (χ2v) is 5.91.